The summed E-state index contributed by atoms with van der Waals surface area (Å²) in [4.78, 5) is 27.6. The number of aryl methyl sites for hydroxylation is 1. The molecule has 35 heavy (non-hydrogen) atoms. The van der Waals surface area contributed by atoms with Crippen LogP contribution in [0.5, 0.6) is 11.5 Å². The summed E-state index contributed by atoms with van der Waals surface area (Å²) in [6.07, 6.45) is 4.76. The Morgan fingerprint density at radius 3 is 2.49 bits per heavy atom. The van der Waals surface area contributed by atoms with Crippen molar-refractivity contribution in [1.82, 2.24) is 19.9 Å². The Morgan fingerprint density at radius 2 is 1.77 bits per heavy atom. The van der Waals surface area contributed by atoms with Crippen molar-refractivity contribution < 1.29 is 18.3 Å². The molecule has 2 aliphatic rings. The molecule has 10 heteroatoms. The smallest absolute Gasteiger partial charge is 0.321 e. The average molecular weight is 476 g/mol. The first kappa shape index (κ1) is 21.3. The highest BCUT2D eigenvalue weighted by molar-refractivity contribution is 6.01. The van der Waals surface area contributed by atoms with E-state index in [1.165, 1.54) is 12.3 Å². The average Bonchev–Trinajstić information content (AvgIpc) is 3.17. The number of aromatic nitrogens is 3. The number of benzene rings is 2. The van der Waals surface area contributed by atoms with E-state index in [4.69, 9.17) is 4.74 Å². The third-order valence-electron chi connectivity index (χ3n) is 6.53. The summed E-state index contributed by atoms with van der Waals surface area (Å²) in [7, 11) is 0. The number of halogens is 2. The van der Waals surface area contributed by atoms with Gasteiger partial charge in [0.2, 0.25) is 0 Å². The molecule has 4 aromatic rings. The molecule has 0 atom stereocenters. The second-order valence-corrected chi connectivity index (χ2v) is 9.22. The minimum absolute atomic E-state index is 0.0736. The highest BCUT2D eigenvalue weighted by Gasteiger charge is 2.53. The number of carbonyl (C=O) groups is 1. The van der Waals surface area contributed by atoms with Gasteiger partial charge in [0, 0.05) is 54.9 Å². The lowest BCUT2D eigenvalue weighted by Crippen LogP contribution is -2.73. The number of fused-ring (bicyclic) bond motifs is 1. The zero-order valence-electron chi connectivity index (χ0n) is 18.9. The normalized spacial score (nSPS) is 16.2. The third kappa shape index (κ3) is 3.90. The van der Waals surface area contributed by atoms with Crippen LogP contribution in [0.25, 0.3) is 10.9 Å². The van der Waals surface area contributed by atoms with Gasteiger partial charge in [-0.15, -0.1) is 0 Å². The Labute approximate surface area is 199 Å². The van der Waals surface area contributed by atoms with E-state index in [9.17, 15) is 13.6 Å². The number of hydrogen-bond acceptors (Lipinski definition) is 5. The van der Waals surface area contributed by atoms with Gasteiger partial charge in [0.15, 0.2) is 5.75 Å². The van der Waals surface area contributed by atoms with E-state index in [1.54, 1.807) is 17.3 Å². The first-order chi connectivity index (χ1) is 16.9. The van der Waals surface area contributed by atoms with Crippen LogP contribution in [0.1, 0.15) is 5.82 Å². The first-order valence-corrected chi connectivity index (χ1v) is 11.2. The third-order valence-corrected chi connectivity index (χ3v) is 6.53. The molecule has 2 N–H and O–H groups in total. The maximum atomic E-state index is 13.9. The lowest BCUT2D eigenvalue weighted by atomic mass is 9.72. The number of carbonyl (C=O) groups excluding carboxylic acids is 1. The summed E-state index contributed by atoms with van der Waals surface area (Å²) >= 11 is 0. The molecule has 0 aliphatic carbocycles. The van der Waals surface area contributed by atoms with Crippen LogP contribution < -0.4 is 15.0 Å². The molecule has 0 radical (unpaired) electrons. The number of nitrogens with zero attached hydrogens (tertiary/aromatic N) is 4. The van der Waals surface area contributed by atoms with E-state index in [0.29, 0.717) is 41.5 Å². The van der Waals surface area contributed by atoms with E-state index in [1.807, 2.05) is 31.2 Å². The molecule has 4 heterocycles. The predicted octanol–water partition coefficient (Wildman–Crippen LogP) is 4.69. The van der Waals surface area contributed by atoms with Crippen LogP contribution in [0.3, 0.4) is 0 Å². The molecule has 8 nitrogen and oxygen atoms in total. The van der Waals surface area contributed by atoms with E-state index >= 15 is 0 Å². The van der Waals surface area contributed by atoms with E-state index in [0.717, 1.165) is 24.8 Å². The lowest BCUT2D eigenvalue weighted by Gasteiger charge is -2.60. The van der Waals surface area contributed by atoms with Gasteiger partial charge in [-0.25, -0.2) is 23.5 Å². The van der Waals surface area contributed by atoms with Gasteiger partial charge in [-0.05, 0) is 37.3 Å². The Kier molecular flexibility index (Phi) is 4.84. The van der Waals surface area contributed by atoms with Gasteiger partial charge in [-0.3, -0.25) is 0 Å². The monoisotopic (exact) mass is 476 g/mol. The van der Waals surface area contributed by atoms with E-state index in [-0.39, 0.29) is 17.0 Å². The van der Waals surface area contributed by atoms with Crippen LogP contribution in [-0.2, 0) is 0 Å². The van der Waals surface area contributed by atoms with Gasteiger partial charge in [0.1, 0.15) is 23.2 Å². The largest absolute Gasteiger partial charge is 0.454 e. The van der Waals surface area contributed by atoms with Crippen molar-refractivity contribution in [3.63, 3.8) is 0 Å². The number of hydrogen-bond donors (Lipinski definition) is 2. The van der Waals surface area contributed by atoms with Crippen LogP contribution in [0.15, 0.2) is 55.0 Å². The molecular formula is C25H22F2N6O2. The van der Waals surface area contributed by atoms with Crippen molar-refractivity contribution in [3.8, 4) is 11.5 Å². The van der Waals surface area contributed by atoms with Crippen molar-refractivity contribution in [2.24, 2.45) is 5.41 Å². The highest BCUT2D eigenvalue weighted by Crippen LogP contribution is 2.42. The fraction of sp³-hybridized carbons (Fsp3) is 0.240. The van der Waals surface area contributed by atoms with Gasteiger partial charge >= 0.3 is 6.03 Å². The van der Waals surface area contributed by atoms with Crippen LogP contribution in [0, 0.1) is 24.0 Å². The molecule has 2 amide bonds. The van der Waals surface area contributed by atoms with Gasteiger partial charge in [0.25, 0.3) is 0 Å². The molecular weight excluding hydrogens is 454 g/mol. The van der Waals surface area contributed by atoms with Gasteiger partial charge in [0.05, 0.1) is 23.6 Å². The van der Waals surface area contributed by atoms with Gasteiger partial charge < -0.3 is 24.8 Å². The summed E-state index contributed by atoms with van der Waals surface area (Å²) in [5.74, 6) is 0.602. The first-order valence-electron chi connectivity index (χ1n) is 11.2. The second kappa shape index (κ2) is 7.93. The summed E-state index contributed by atoms with van der Waals surface area (Å²) in [6.45, 7) is 4.79. The van der Waals surface area contributed by atoms with E-state index < -0.39 is 11.6 Å². The van der Waals surface area contributed by atoms with Crippen molar-refractivity contribution in [1.29, 1.82) is 0 Å². The van der Waals surface area contributed by atoms with Crippen molar-refractivity contribution in [2.75, 3.05) is 36.4 Å². The Hall–Kier alpha value is -4.21. The number of nitrogens with one attached hydrogen (secondary N) is 2. The van der Waals surface area contributed by atoms with Crippen LogP contribution in [-0.4, -0.2) is 52.1 Å². The Balaban J connectivity index is 1.02. The molecule has 2 aromatic carbocycles. The molecule has 0 unspecified atom stereocenters. The molecule has 2 saturated heterocycles. The quantitative estimate of drug-likeness (QED) is 0.446. The molecule has 178 valence electrons. The molecule has 0 bridgehead atoms. The molecule has 6 rings (SSSR count). The van der Waals surface area contributed by atoms with Gasteiger partial charge in [-0.1, -0.05) is 0 Å². The highest BCUT2D eigenvalue weighted by atomic mass is 19.1. The number of rotatable bonds is 4. The number of H-pyrrole nitrogens is 1. The number of ether oxygens (including phenoxy) is 1. The zero-order valence-corrected chi connectivity index (χ0v) is 18.9. The number of amides is 2. The van der Waals surface area contributed by atoms with Gasteiger partial charge in [-0.2, -0.15) is 0 Å². The number of urea groups is 1. The number of anilines is 2. The number of likely N-dealkylation sites (tertiary alicyclic amines) is 1. The Morgan fingerprint density at radius 1 is 1.06 bits per heavy atom. The lowest BCUT2D eigenvalue weighted by molar-refractivity contribution is 0.0123. The van der Waals surface area contributed by atoms with Crippen molar-refractivity contribution in [2.45, 2.75) is 6.92 Å². The van der Waals surface area contributed by atoms with Crippen molar-refractivity contribution in [3.05, 3.63) is 72.4 Å². The SMILES string of the molecule is Cc1ncc(Oc2ccc(N3CC4(CN(C(=O)Nc5c[nH]c6c(F)cc(F)cc56)C4)C3)cc2)cn1. The fourth-order valence-corrected chi connectivity index (χ4v) is 4.80. The fourth-order valence-electron chi connectivity index (χ4n) is 4.80. The molecule has 2 aromatic heterocycles. The standard InChI is InChI=1S/C25H22F2N6O2/c1-15-28-8-19(9-29-15)35-18-4-2-17(3-5-18)32-11-25(12-32)13-33(14-25)24(34)31-22-10-30-23-20(22)6-16(26)7-21(23)27/h2-10,30H,11-14H2,1H3,(H,31,34). The minimum atomic E-state index is -0.693. The minimum Gasteiger partial charge on any atom is -0.454 e. The molecule has 0 saturated carbocycles. The zero-order chi connectivity index (χ0) is 24.2. The maximum absolute atomic E-state index is 13.9. The topological polar surface area (TPSA) is 86.4 Å². The van der Waals surface area contributed by atoms with Crippen LogP contribution in [0.4, 0.5) is 25.0 Å². The predicted molar refractivity (Wildman–Crippen MR) is 127 cm³/mol. The second-order valence-electron chi connectivity index (χ2n) is 9.22. The molecule has 2 fully saturated rings. The van der Waals surface area contributed by atoms with E-state index in [2.05, 4.69) is 25.2 Å². The molecule has 1 spiro atoms. The molecule has 2 aliphatic heterocycles. The summed E-state index contributed by atoms with van der Waals surface area (Å²) < 4.78 is 33.3. The van der Waals surface area contributed by atoms with Crippen molar-refractivity contribution >= 4 is 28.3 Å². The summed E-state index contributed by atoms with van der Waals surface area (Å²) in [5, 5.41) is 3.07. The van der Waals surface area contributed by atoms with Crippen LogP contribution >= 0.6 is 0 Å². The maximum Gasteiger partial charge on any atom is 0.321 e. The number of aromatic amines is 1. The summed E-state index contributed by atoms with van der Waals surface area (Å²) in [6, 6.07) is 9.58. The Bertz CT molecular complexity index is 1410. The summed E-state index contributed by atoms with van der Waals surface area (Å²) in [5.41, 5.74) is 1.69. The van der Waals surface area contributed by atoms with Crippen LogP contribution in [0.2, 0.25) is 0 Å².